The summed E-state index contributed by atoms with van der Waals surface area (Å²) in [5.41, 5.74) is 2.05. The Kier molecular flexibility index (Phi) is 4.68. The highest BCUT2D eigenvalue weighted by atomic mass is 16.7. The van der Waals surface area contributed by atoms with Crippen LogP contribution in [0.1, 0.15) is 35.8 Å². The minimum absolute atomic E-state index is 0.102. The maximum absolute atomic E-state index is 12.9. The van der Waals surface area contributed by atoms with Crippen molar-refractivity contribution >= 4 is 34.3 Å². The molecule has 160 valence electrons. The van der Waals surface area contributed by atoms with E-state index in [-0.39, 0.29) is 24.4 Å². The number of nitrogens with one attached hydrogen (secondary N) is 1. The van der Waals surface area contributed by atoms with Crippen LogP contribution in [-0.2, 0) is 4.79 Å². The Hall–Kier alpha value is -3.69. The maximum atomic E-state index is 12.9. The highest BCUT2D eigenvalue weighted by Crippen LogP contribution is 2.38. The van der Waals surface area contributed by atoms with E-state index in [4.69, 9.17) is 14.0 Å². The first-order chi connectivity index (χ1) is 15.0. The molecule has 2 aliphatic rings. The van der Waals surface area contributed by atoms with E-state index >= 15 is 0 Å². The third-order valence-electron chi connectivity index (χ3n) is 5.74. The molecule has 1 fully saturated rings. The van der Waals surface area contributed by atoms with Crippen molar-refractivity contribution in [3.8, 4) is 11.5 Å². The summed E-state index contributed by atoms with van der Waals surface area (Å²) in [5.74, 6) is 1.36. The lowest BCUT2D eigenvalue weighted by atomic mass is 9.95. The molecular weight excluding hydrogens is 402 g/mol. The van der Waals surface area contributed by atoms with Crippen molar-refractivity contribution in [3.05, 3.63) is 29.7 Å². The number of ether oxygens (including phenoxy) is 2. The zero-order chi connectivity index (χ0) is 21.5. The fourth-order valence-electron chi connectivity index (χ4n) is 4.07. The molecule has 0 unspecified atom stereocenters. The standard InChI is InChI=1S/C21H21N5O5/c1-11-18-19(22-9-23-21(18)31-25-11)26-5-3-13(4-6-26)20(28)24-15-8-17-16(29-10-30-17)7-14(15)12(2)27/h7-9,13H,3-6,10H2,1-2H3,(H,24,28). The molecule has 10 nitrogen and oxygen atoms in total. The largest absolute Gasteiger partial charge is 0.454 e. The minimum Gasteiger partial charge on any atom is -0.454 e. The highest BCUT2D eigenvalue weighted by Gasteiger charge is 2.29. The number of Topliss-reactive ketones (excluding diaryl/α,β-unsaturated/α-hetero) is 1. The highest BCUT2D eigenvalue weighted by molar-refractivity contribution is 6.05. The van der Waals surface area contributed by atoms with Gasteiger partial charge >= 0.3 is 0 Å². The fourth-order valence-corrected chi connectivity index (χ4v) is 4.07. The van der Waals surface area contributed by atoms with Gasteiger partial charge in [-0.1, -0.05) is 5.16 Å². The summed E-state index contributed by atoms with van der Waals surface area (Å²) in [5, 5.41) is 7.69. The molecule has 0 atom stereocenters. The quantitative estimate of drug-likeness (QED) is 0.632. The topological polar surface area (TPSA) is 120 Å². The molecule has 0 spiro atoms. The molecule has 10 heteroatoms. The van der Waals surface area contributed by atoms with Crippen LogP contribution in [0.4, 0.5) is 11.5 Å². The Balaban J connectivity index is 1.30. The summed E-state index contributed by atoms with van der Waals surface area (Å²) in [6.07, 6.45) is 2.77. The number of hydrogen-bond acceptors (Lipinski definition) is 9. The van der Waals surface area contributed by atoms with Crippen LogP contribution in [0, 0.1) is 12.8 Å². The lowest BCUT2D eigenvalue weighted by molar-refractivity contribution is -0.120. The van der Waals surface area contributed by atoms with Gasteiger partial charge in [0.25, 0.3) is 5.71 Å². The van der Waals surface area contributed by atoms with Crippen LogP contribution >= 0.6 is 0 Å². The number of amides is 1. The number of aryl methyl sites for hydroxylation is 1. The molecule has 4 heterocycles. The Bertz CT molecular complexity index is 1180. The van der Waals surface area contributed by atoms with Crippen molar-refractivity contribution in [1.82, 2.24) is 15.1 Å². The number of nitrogens with zero attached hydrogens (tertiary/aromatic N) is 4. The number of carbonyl (C=O) groups is 2. The summed E-state index contributed by atoms with van der Waals surface area (Å²) in [4.78, 5) is 35.7. The number of piperidine rings is 1. The van der Waals surface area contributed by atoms with E-state index in [1.54, 1.807) is 12.1 Å². The molecule has 5 rings (SSSR count). The number of ketones is 1. The third kappa shape index (κ3) is 3.43. The van der Waals surface area contributed by atoms with Crippen molar-refractivity contribution < 1.29 is 23.6 Å². The summed E-state index contributed by atoms with van der Waals surface area (Å²) < 4.78 is 16.0. The van der Waals surface area contributed by atoms with E-state index in [2.05, 4.69) is 25.3 Å². The zero-order valence-corrected chi connectivity index (χ0v) is 17.2. The Labute approximate surface area is 177 Å². The smallest absolute Gasteiger partial charge is 0.263 e. The first-order valence-corrected chi connectivity index (χ1v) is 10.1. The molecule has 1 saturated heterocycles. The number of rotatable bonds is 4. The van der Waals surface area contributed by atoms with Gasteiger partial charge in [-0.05, 0) is 32.8 Å². The van der Waals surface area contributed by atoms with Crippen LogP contribution in [-0.4, -0.2) is 46.7 Å². The molecule has 0 radical (unpaired) electrons. The molecule has 1 aromatic carbocycles. The lowest BCUT2D eigenvalue weighted by Crippen LogP contribution is -2.38. The Morgan fingerprint density at radius 3 is 2.61 bits per heavy atom. The predicted octanol–water partition coefficient (Wildman–Crippen LogP) is 2.71. The van der Waals surface area contributed by atoms with Gasteiger partial charge in [0.15, 0.2) is 17.3 Å². The zero-order valence-electron chi connectivity index (χ0n) is 17.2. The summed E-state index contributed by atoms with van der Waals surface area (Å²) in [6.45, 7) is 4.74. The number of benzene rings is 1. The van der Waals surface area contributed by atoms with Crippen molar-refractivity contribution in [2.24, 2.45) is 5.92 Å². The molecule has 0 bridgehead atoms. The van der Waals surface area contributed by atoms with Gasteiger partial charge in [0.05, 0.1) is 11.4 Å². The van der Waals surface area contributed by atoms with Crippen LogP contribution in [0.25, 0.3) is 11.1 Å². The normalized spacial score (nSPS) is 16.0. The van der Waals surface area contributed by atoms with Crippen molar-refractivity contribution in [3.63, 3.8) is 0 Å². The molecular formula is C21H21N5O5. The molecule has 2 aliphatic heterocycles. The first kappa shape index (κ1) is 19.3. The van der Waals surface area contributed by atoms with Gasteiger partial charge in [-0.15, -0.1) is 0 Å². The van der Waals surface area contributed by atoms with Gasteiger partial charge in [-0.2, -0.15) is 4.98 Å². The second kappa shape index (κ2) is 7.53. The third-order valence-corrected chi connectivity index (χ3v) is 5.74. The van der Waals surface area contributed by atoms with E-state index in [1.807, 2.05) is 6.92 Å². The fraction of sp³-hybridized carbons (Fsp3) is 0.381. The van der Waals surface area contributed by atoms with Gasteiger partial charge in [0.2, 0.25) is 12.7 Å². The summed E-state index contributed by atoms with van der Waals surface area (Å²) in [7, 11) is 0. The first-order valence-electron chi connectivity index (χ1n) is 10.1. The maximum Gasteiger partial charge on any atom is 0.263 e. The molecule has 31 heavy (non-hydrogen) atoms. The summed E-state index contributed by atoms with van der Waals surface area (Å²) >= 11 is 0. The number of fused-ring (bicyclic) bond motifs is 2. The second-order valence-electron chi connectivity index (χ2n) is 7.70. The van der Waals surface area contributed by atoms with E-state index < -0.39 is 0 Å². The van der Waals surface area contributed by atoms with Gasteiger partial charge in [0, 0.05) is 30.6 Å². The summed E-state index contributed by atoms with van der Waals surface area (Å²) in [6, 6.07) is 3.27. The van der Waals surface area contributed by atoms with Gasteiger partial charge in [-0.3, -0.25) is 9.59 Å². The SMILES string of the molecule is CC(=O)c1cc2c(cc1NC(=O)C1CCN(c3ncnc4onc(C)c34)CC1)OCO2. The predicted molar refractivity (Wildman–Crippen MR) is 110 cm³/mol. The van der Waals surface area contributed by atoms with E-state index in [0.717, 1.165) is 16.9 Å². The minimum atomic E-state index is -0.178. The van der Waals surface area contributed by atoms with Gasteiger partial charge < -0.3 is 24.2 Å². The van der Waals surface area contributed by atoms with Crippen LogP contribution in [0.5, 0.6) is 11.5 Å². The van der Waals surface area contributed by atoms with E-state index in [0.29, 0.717) is 54.4 Å². The monoisotopic (exact) mass is 423 g/mol. The number of hydrogen-bond donors (Lipinski definition) is 1. The van der Waals surface area contributed by atoms with Gasteiger partial charge in [0.1, 0.15) is 17.5 Å². The van der Waals surface area contributed by atoms with Crippen LogP contribution in [0.2, 0.25) is 0 Å². The van der Waals surface area contributed by atoms with Crippen LogP contribution < -0.4 is 19.7 Å². The molecule has 1 amide bonds. The Morgan fingerprint density at radius 1 is 1.13 bits per heavy atom. The molecule has 0 saturated carbocycles. The average Bonchev–Trinajstić information content (AvgIpc) is 3.39. The van der Waals surface area contributed by atoms with Gasteiger partial charge in [-0.25, -0.2) is 4.98 Å². The van der Waals surface area contributed by atoms with E-state index in [1.165, 1.54) is 13.3 Å². The molecule has 3 aromatic rings. The molecule has 0 aliphatic carbocycles. The van der Waals surface area contributed by atoms with Crippen molar-refractivity contribution in [1.29, 1.82) is 0 Å². The molecule has 1 N–H and O–H groups in total. The van der Waals surface area contributed by atoms with Crippen LogP contribution in [0.15, 0.2) is 23.0 Å². The van der Waals surface area contributed by atoms with Crippen molar-refractivity contribution in [2.45, 2.75) is 26.7 Å². The Morgan fingerprint density at radius 2 is 1.87 bits per heavy atom. The van der Waals surface area contributed by atoms with Crippen LogP contribution in [0.3, 0.4) is 0 Å². The van der Waals surface area contributed by atoms with E-state index in [9.17, 15) is 9.59 Å². The number of aromatic nitrogens is 3. The average molecular weight is 423 g/mol. The van der Waals surface area contributed by atoms with Crippen molar-refractivity contribution in [2.75, 3.05) is 30.1 Å². The number of anilines is 2. The number of carbonyl (C=O) groups excluding carboxylic acids is 2. The lowest BCUT2D eigenvalue weighted by Gasteiger charge is -2.32. The molecule has 2 aromatic heterocycles. The second-order valence-corrected chi connectivity index (χ2v) is 7.70.